The van der Waals surface area contributed by atoms with Crippen LogP contribution in [0, 0.1) is 23.5 Å². The van der Waals surface area contributed by atoms with Crippen molar-refractivity contribution in [2.45, 2.75) is 40.5 Å². The number of rotatable bonds is 9. The summed E-state index contributed by atoms with van der Waals surface area (Å²) in [5.74, 6) is -0.756. The van der Waals surface area contributed by atoms with E-state index < -0.39 is 11.6 Å². The third kappa shape index (κ3) is 5.81. The molecule has 0 atom stereocenters. The molecule has 0 N–H and O–H groups in total. The van der Waals surface area contributed by atoms with Crippen LogP contribution in [0.25, 0.3) is 16.8 Å². The molecule has 0 saturated carbocycles. The summed E-state index contributed by atoms with van der Waals surface area (Å²) in [6, 6.07) is 11.2. The van der Waals surface area contributed by atoms with Gasteiger partial charge in [-0.3, -0.25) is 9.36 Å². The van der Waals surface area contributed by atoms with Crippen molar-refractivity contribution in [2.24, 2.45) is 11.8 Å². The van der Waals surface area contributed by atoms with Crippen LogP contribution < -0.4 is 0 Å². The quantitative estimate of drug-likeness (QED) is 0.389. The zero-order valence-electron chi connectivity index (χ0n) is 19.2. The predicted octanol–water partition coefficient (Wildman–Crippen LogP) is 6.35. The van der Waals surface area contributed by atoms with Gasteiger partial charge in [-0.15, -0.1) is 0 Å². The Hall–Kier alpha value is -3.02. The molecule has 6 heteroatoms. The van der Waals surface area contributed by atoms with Gasteiger partial charge in [0.1, 0.15) is 5.69 Å². The highest BCUT2D eigenvalue weighted by atomic mass is 19.2. The number of imidazole rings is 1. The first-order valence-electron chi connectivity index (χ1n) is 11.1. The summed E-state index contributed by atoms with van der Waals surface area (Å²) in [5, 5.41) is 0. The van der Waals surface area contributed by atoms with E-state index in [1.807, 2.05) is 29.2 Å². The van der Waals surface area contributed by atoms with Crippen LogP contribution in [0.15, 0.2) is 55.0 Å². The summed E-state index contributed by atoms with van der Waals surface area (Å²) < 4.78 is 28.6. The van der Waals surface area contributed by atoms with Crippen molar-refractivity contribution in [2.75, 3.05) is 13.1 Å². The zero-order valence-corrected chi connectivity index (χ0v) is 19.2. The Balaban J connectivity index is 1.84. The molecule has 1 amide bonds. The summed E-state index contributed by atoms with van der Waals surface area (Å²) in [4.78, 5) is 19.5. The lowest BCUT2D eigenvalue weighted by molar-refractivity contribution is 0.0732. The maximum atomic E-state index is 13.6. The molecular formula is C26H31F2N3O. The van der Waals surface area contributed by atoms with Crippen LogP contribution in [0.5, 0.6) is 0 Å². The van der Waals surface area contributed by atoms with Gasteiger partial charge < -0.3 is 4.90 Å². The lowest BCUT2D eigenvalue weighted by Gasteiger charge is -2.25. The van der Waals surface area contributed by atoms with Crippen molar-refractivity contribution < 1.29 is 13.6 Å². The zero-order chi connectivity index (χ0) is 23.3. The average Bonchev–Trinajstić information content (AvgIpc) is 3.25. The van der Waals surface area contributed by atoms with Gasteiger partial charge in [-0.2, -0.15) is 0 Å². The molecule has 0 saturated heterocycles. The molecule has 0 aliphatic heterocycles. The molecule has 170 valence electrons. The second-order valence-corrected chi connectivity index (χ2v) is 8.98. The van der Waals surface area contributed by atoms with Crippen LogP contribution in [0.2, 0.25) is 0 Å². The Bertz CT molecular complexity index is 1030. The second kappa shape index (κ2) is 10.5. The van der Waals surface area contributed by atoms with Crippen LogP contribution >= 0.6 is 0 Å². The number of hydrogen-bond donors (Lipinski definition) is 0. The monoisotopic (exact) mass is 439 g/mol. The highest BCUT2D eigenvalue weighted by Crippen LogP contribution is 2.24. The molecule has 0 unspecified atom stereocenters. The number of halogens is 2. The van der Waals surface area contributed by atoms with E-state index >= 15 is 0 Å². The van der Waals surface area contributed by atoms with Crippen molar-refractivity contribution in [1.82, 2.24) is 14.5 Å². The summed E-state index contributed by atoms with van der Waals surface area (Å²) in [6.45, 7) is 10.1. The number of amides is 1. The van der Waals surface area contributed by atoms with Gasteiger partial charge in [0.05, 0.1) is 12.5 Å². The van der Waals surface area contributed by atoms with Crippen LogP contribution in [-0.4, -0.2) is 33.4 Å². The summed E-state index contributed by atoms with van der Waals surface area (Å²) in [7, 11) is 0. The van der Waals surface area contributed by atoms with Crippen molar-refractivity contribution >= 4 is 5.91 Å². The molecule has 1 aromatic heterocycles. The Morgan fingerprint density at radius 3 is 2.06 bits per heavy atom. The number of hydrogen-bond acceptors (Lipinski definition) is 2. The van der Waals surface area contributed by atoms with E-state index in [-0.39, 0.29) is 5.91 Å². The van der Waals surface area contributed by atoms with Gasteiger partial charge in [-0.25, -0.2) is 13.8 Å². The molecule has 4 nitrogen and oxygen atoms in total. The number of carbonyl (C=O) groups excluding carboxylic acids is 1. The van der Waals surface area contributed by atoms with E-state index in [9.17, 15) is 13.6 Å². The van der Waals surface area contributed by atoms with Crippen LogP contribution in [-0.2, 0) is 0 Å². The van der Waals surface area contributed by atoms with Crippen molar-refractivity contribution in [3.63, 3.8) is 0 Å². The average molecular weight is 440 g/mol. The third-order valence-electron chi connectivity index (χ3n) is 5.50. The summed E-state index contributed by atoms with van der Waals surface area (Å²) in [5.41, 5.74) is 2.64. The molecule has 0 radical (unpaired) electrons. The van der Waals surface area contributed by atoms with E-state index in [0.29, 0.717) is 36.2 Å². The molecule has 2 aromatic carbocycles. The van der Waals surface area contributed by atoms with Crippen molar-refractivity contribution in [3.05, 3.63) is 72.3 Å². The largest absolute Gasteiger partial charge is 0.337 e. The maximum absolute atomic E-state index is 13.6. The molecule has 1 heterocycles. The molecular weight excluding hydrogens is 408 g/mol. The summed E-state index contributed by atoms with van der Waals surface area (Å²) in [6.07, 6.45) is 5.12. The lowest BCUT2D eigenvalue weighted by atomic mass is 10.1. The third-order valence-corrected chi connectivity index (χ3v) is 5.50. The fourth-order valence-corrected chi connectivity index (χ4v) is 3.45. The van der Waals surface area contributed by atoms with Crippen LogP contribution in [0.1, 0.15) is 51.0 Å². The van der Waals surface area contributed by atoms with Crippen molar-refractivity contribution in [1.29, 1.82) is 0 Å². The fraction of sp³-hybridized carbons (Fsp3) is 0.385. The Labute approximate surface area is 188 Å². The molecule has 0 bridgehead atoms. The van der Waals surface area contributed by atoms with E-state index in [1.165, 1.54) is 6.07 Å². The minimum Gasteiger partial charge on any atom is -0.337 e. The van der Waals surface area contributed by atoms with Gasteiger partial charge in [-0.05, 0) is 60.1 Å². The van der Waals surface area contributed by atoms with Gasteiger partial charge in [0.2, 0.25) is 0 Å². The first-order chi connectivity index (χ1) is 15.3. The van der Waals surface area contributed by atoms with Gasteiger partial charge in [0, 0.05) is 18.8 Å². The van der Waals surface area contributed by atoms with E-state index in [0.717, 1.165) is 30.2 Å². The minimum atomic E-state index is -0.878. The Morgan fingerprint density at radius 2 is 1.50 bits per heavy atom. The fourth-order valence-electron chi connectivity index (χ4n) is 3.45. The summed E-state index contributed by atoms with van der Waals surface area (Å²) >= 11 is 0. The first kappa shape index (κ1) is 23.6. The number of aromatic nitrogens is 2. The number of nitrogens with zero attached hydrogens (tertiary/aromatic N) is 3. The van der Waals surface area contributed by atoms with Gasteiger partial charge in [0.15, 0.2) is 11.6 Å². The van der Waals surface area contributed by atoms with E-state index in [4.69, 9.17) is 0 Å². The number of benzene rings is 2. The first-order valence-corrected chi connectivity index (χ1v) is 11.1. The molecule has 0 aliphatic carbocycles. The molecule has 3 aromatic rings. The molecule has 3 rings (SSSR count). The highest BCUT2D eigenvalue weighted by Gasteiger charge is 2.21. The number of carbonyl (C=O) groups is 1. The Kier molecular flexibility index (Phi) is 7.78. The van der Waals surface area contributed by atoms with Crippen molar-refractivity contribution in [3.8, 4) is 16.8 Å². The minimum absolute atomic E-state index is 0.0338. The standard InChI is InChI=1S/C26H31F2N3O/c1-18(2)11-13-30(14-12-19(3)4)26(32)25-16-29-17-31(25)22-8-5-20(6-9-22)21-7-10-23(27)24(28)15-21/h5-10,15-19H,11-14H2,1-4H3. The highest BCUT2D eigenvalue weighted by molar-refractivity contribution is 5.93. The predicted molar refractivity (Wildman–Crippen MR) is 124 cm³/mol. The van der Waals surface area contributed by atoms with E-state index in [1.54, 1.807) is 23.2 Å². The van der Waals surface area contributed by atoms with E-state index in [2.05, 4.69) is 32.7 Å². The molecule has 0 aliphatic rings. The normalized spacial score (nSPS) is 11.4. The maximum Gasteiger partial charge on any atom is 0.272 e. The second-order valence-electron chi connectivity index (χ2n) is 8.98. The van der Waals surface area contributed by atoms with Gasteiger partial charge in [-0.1, -0.05) is 45.9 Å². The van der Waals surface area contributed by atoms with Gasteiger partial charge in [0.25, 0.3) is 5.91 Å². The SMILES string of the molecule is CC(C)CCN(CCC(C)C)C(=O)c1cncn1-c1ccc(-c2ccc(F)c(F)c2)cc1. The topological polar surface area (TPSA) is 38.1 Å². The molecule has 32 heavy (non-hydrogen) atoms. The lowest BCUT2D eigenvalue weighted by Crippen LogP contribution is -2.35. The van der Waals surface area contributed by atoms with Crippen LogP contribution in [0.4, 0.5) is 8.78 Å². The Morgan fingerprint density at radius 1 is 0.906 bits per heavy atom. The molecule has 0 spiro atoms. The van der Waals surface area contributed by atoms with Gasteiger partial charge >= 0.3 is 0 Å². The molecule has 0 fully saturated rings. The smallest absolute Gasteiger partial charge is 0.272 e. The van der Waals surface area contributed by atoms with Crippen LogP contribution in [0.3, 0.4) is 0 Å².